The van der Waals surface area contributed by atoms with Crippen LogP contribution in [0.1, 0.15) is 25.0 Å². The van der Waals surface area contributed by atoms with Gasteiger partial charge in [0.1, 0.15) is 11.2 Å². The summed E-state index contributed by atoms with van der Waals surface area (Å²) >= 11 is 0. The van der Waals surface area contributed by atoms with Gasteiger partial charge in [-0.3, -0.25) is 0 Å². The summed E-state index contributed by atoms with van der Waals surface area (Å²) in [4.78, 5) is 2.52. The molecule has 0 atom stereocenters. The highest BCUT2D eigenvalue weighted by molar-refractivity contribution is 6.16. The fourth-order valence-corrected chi connectivity index (χ4v) is 10.9. The van der Waals surface area contributed by atoms with Crippen LogP contribution in [0.4, 0.5) is 17.1 Å². The van der Waals surface area contributed by atoms with E-state index in [0.29, 0.717) is 0 Å². The van der Waals surface area contributed by atoms with Gasteiger partial charge in [-0.05, 0) is 131 Å². The van der Waals surface area contributed by atoms with Gasteiger partial charge in [-0.1, -0.05) is 184 Å². The molecular weight excluding hydrogens is 787 g/mol. The second kappa shape index (κ2) is 14.4. The van der Waals surface area contributed by atoms with Gasteiger partial charge in [-0.25, -0.2) is 0 Å². The second-order valence-electron chi connectivity index (χ2n) is 18.0. The predicted octanol–water partition coefficient (Wildman–Crippen LogP) is 17.8. The van der Waals surface area contributed by atoms with E-state index in [1.54, 1.807) is 0 Å². The van der Waals surface area contributed by atoms with Crippen molar-refractivity contribution in [3.8, 4) is 44.5 Å². The Morgan fingerprint density at radius 1 is 0.338 bits per heavy atom. The first-order valence-corrected chi connectivity index (χ1v) is 22.6. The van der Waals surface area contributed by atoms with Crippen LogP contribution >= 0.6 is 0 Å². The first kappa shape index (κ1) is 37.4. The van der Waals surface area contributed by atoms with Crippen molar-refractivity contribution < 1.29 is 4.42 Å². The van der Waals surface area contributed by atoms with Crippen molar-refractivity contribution >= 4 is 71.3 Å². The van der Waals surface area contributed by atoms with Gasteiger partial charge < -0.3 is 9.32 Å². The Bertz CT molecular complexity index is 3890. The van der Waals surface area contributed by atoms with Crippen LogP contribution in [0.2, 0.25) is 0 Å². The molecule has 0 spiro atoms. The SMILES string of the molecule is CC1(C)c2ccccc2-c2ccc(N(c3ccccc3-c3ccc4ccccc4c3)c3cccc(-c4cc5ccccc5c5ccccc45)c3-c3ccc4c(c3)oc3ccccc34)cc21. The molecule has 0 bridgehead atoms. The van der Waals surface area contributed by atoms with Crippen LogP contribution in [-0.4, -0.2) is 0 Å². The zero-order valence-corrected chi connectivity index (χ0v) is 36.2. The minimum atomic E-state index is -0.188. The molecule has 1 heterocycles. The highest BCUT2D eigenvalue weighted by atomic mass is 16.3. The largest absolute Gasteiger partial charge is 0.456 e. The molecule has 0 radical (unpaired) electrons. The number of anilines is 3. The highest BCUT2D eigenvalue weighted by Gasteiger charge is 2.36. The fourth-order valence-electron chi connectivity index (χ4n) is 10.9. The number of benzene rings is 11. The molecule has 0 N–H and O–H groups in total. The number of hydrogen-bond acceptors (Lipinski definition) is 2. The average Bonchev–Trinajstić information content (AvgIpc) is 3.84. The lowest BCUT2D eigenvalue weighted by atomic mass is 9.82. The van der Waals surface area contributed by atoms with Crippen molar-refractivity contribution in [1.29, 1.82) is 0 Å². The van der Waals surface area contributed by atoms with Crippen molar-refractivity contribution in [1.82, 2.24) is 0 Å². The minimum absolute atomic E-state index is 0.188. The van der Waals surface area contributed by atoms with E-state index in [1.807, 2.05) is 6.07 Å². The topological polar surface area (TPSA) is 16.4 Å². The zero-order valence-electron chi connectivity index (χ0n) is 36.2. The van der Waals surface area contributed by atoms with E-state index in [4.69, 9.17) is 4.42 Å². The van der Waals surface area contributed by atoms with Crippen molar-refractivity contribution in [3.63, 3.8) is 0 Å². The molecule has 1 aliphatic rings. The predicted molar refractivity (Wildman–Crippen MR) is 275 cm³/mol. The maximum atomic E-state index is 6.66. The normalized spacial score (nSPS) is 12.9. The maximum Gasteiger partial charge on any atom is 0.136 e. The van der Waals surface area contributed by atoms with E-state index in [0.717, 1.165) is 61.3 Å². The van der Waals surface area contributed by atoms with Crippen molar-refractivity contribution in [2.75, 3.05) is 4.90 Å². The van der Waals surface area contributed by atoms with Gasteiger partial charge in [0.25, 0.3) is 0 Å². The summed E-state index contributed by atoms with van der Waals surface area (Å²) < 4.78 is 6.66. The number of nitrogens with zero attached hydrogens (tertiary/aromatic N) is 1. The Morgan fingerprint density at radius 2 is 0.969 bits per heavy atom. The molecule has 2 heteroatoms. The standard InChI is InChI=1S/C63H43NO/c1-63(2)56-26-12-9-23-50(56)51-35-33-45(39-57(51)63)64(58-27-13-10-20-47(58)43-31-30-40-16-3-4-17-41(40)36-43)59-28-15-25-54(55-37-42-18-5-6-19-46(42)48-21-7-8-22-49(48)55)62(59)44-32-34-53-52-24-11-14-29-60(52)65-61(53)38-44/h3-39H,1-2H3. The third-order valence-electron chi connectivity index (χ3n) is 14.0. The number of furan rings is 1. The molecule has 13 rings (SSSR count). The molecule has 11 aromatic carbocycles. The summed E-state index contributed by atoms with van der Waals surface area (Å²) in [6, 6.07) is 82.5. The Hall–Kier alpha value is -8.20. The number of fused-ring (bicyclic) bond motifs is 10. The van der Waals surface area contributed by atoms with Crippen LogP contribution in [0.25, 0.3) is 98.8 Å². The lowest BCUT2D eigenvalue weighted by molar-refractivity contribution is 0.660. The smallest absolute Gasteiger partial charge is 0.136 e. The number of rotatable bonds is 6. The first-order valence-electron chi connectivity index (χ1n) is 22.6. The third-order valence-corrected chi connectivity index (χ3v) is 14.0. The van der Waals surface area contributed by atoms with Gasteiger partial charge in [0.05, 0.1) is 11.4 Å². The zero-order chi connectivity index (χ0) is 43.2. The second-order valence-corrected chi connectivity index (χ2v) is 18.0. The van der Waals surface area contributed by atoms with Crippen molar-refractivity contribution in [3.05, 3.63) is 236 Å². The van der Waals surface area contributed by atoms with Crippen LogP contribution < -0.4 is 4.90 Å². The molecule has 0 unspecified atom stereocenters. The lowest BCUT2D eigenvalue weighted by Crippen LogP contribution is -2.17. The van der Waals surface area contributed by atoms with Gasteiger partial charge in [-0.2, -0.15) is 0 Å². The molecule has 0 aliphatic heterocycles. The van der Waals surface area contributed by atoms with Gasteiger partial charge in [0.2, 0.25) is 0 Å². The van der Waals surface area contributed by atoms with Crippen LogP contribution in [0, 0.1) is 0 Å². The quantitative estimate of drug-likeness (QED) is 0.155. The molecule has 0 amide bonds. The molecule has 1 aliphatic carbocycles. The van der Waals surface area contributed by atoms with E-state index >= 15 is 0 Å². The molecule has 0 saturated heterocycles. The molecule has 0 saturated carbocycles. The van der Waals surface area contributed by atoms with E-state index in [9.17, 15) is 0 Å². The molecule has 0 fully saturated rings. The fraction of sp³-hybridized carbons (Fsp3) is 0.0476. The summed E-state index contributed by atoms with van der Waals surface area (Å²) in [5, 5.41) is 9.59. The van der Waals surface area contributed by atoms with Gasteiger partial charge >= 0.3 is 0 Å². The molecule has 12 aromatic rings. The molecule has 65 heavy (non-hydrogen) atoms. The van der Waals surface area contributed by atoms with Crippen molar-refractivity contribution in [2.45, 2.75) is 19.3 Å². The number of hydrogen-bond donors (Lipinski definition) is 0. The molecule has 306 valence electrons. The molecule has 2 nitrogen and oxygen atoms in total. The van der Waals surface area contributed by atoms with Crippen molar-refractivity contribution in [2.24, 2.45) is 0 Å². The monoisotopic (exact) mass is 829 g/mol. The number of para-hydroxylation sites is 2. The summed E-state index contributed by atoms with van der Waals surface area (Å²) in [6.45, 7) is 4.74. The van der Waals surface area contributed by atoms with Gasteiger partial charge in [0, 0.05) is 33.0 Å². The Kier molecular flexibility index (Phi) is 8.29. The first-order chi connectivity index (χ1) is 32.0. The molecular formula is C63H43NO. The Balaban J connectivity index is 1.14. The summed E-state index contributed by atoms with van der Waals surface area (Å²) in [6.07, 6.45) is 0. The summed E-state index contributed by atoms with van der Waals surface area (Å²) in [7, 11) is 0. The van der Waals surface area contributed by atoms with E-state index in [1.165, 1.54) is 65.7 Å². The van der Waals surface area contributed by atoms with Gasteiger partial charge in [-0.15, -0.1) is 0 Å². The van der Waals surface area contributed by atoms with E-state index in [2.05, 4.69) is 237 Å². The van der Waals surface area contributed by atoms with E-state index in [-0.39, 0.29) is 5.41 Å². The van der Waals surface area contributed by atoms with Crippen LogP contribution in [0.15, 0.2) is 229 Å². The van der Waals surface area contributed by atoms with Gasteiger partial charge in [0.15, 0.2) is 0 Å². The summed E-state index contributed by atoms with van der Waals surface area (Å²) in [5.74, 6) is 0. The summed E-state index contributed by atoms with van der Waals surface area (Å²) in [5.41, 5.74) is 17.0. The Morgan fingerprint density at radius 3 is 1.85 bits per heavy atom. The molecule has 1 aromatic heterocycles. The van der Waals surface area contributed by atoms with Crippen LogP contribution in [0.3, 0.4) is 0 Å². The van der Waals surface area contributed by atoms with Crippen LogP contribution in [0.5, 0.6) is 0 Å². The average molecular weight is 830 g/mol. The Labute approximate surface area is 378 Å². The lowest BCUT2D eigenvalue weighted by Gasteiger charge is -2.32. The van der Waals surface area contributed by atoms with Crippen LogP contribution in [-0.2, 0) is 5.41 Å². The maximum absolute atomic E-state index is 6.66. The third kappa shape index (κ3) is 5.81. The van der Waals surface area contributed by atoms with E-state index < -0.39 is 0 Å². The highest BCUT2D eigenvalue weighted by Crippen LogP contribution is 2.54. The minimum Gasteiger partial charge on any atom is -0.456 e.